The lowest BCUT2D eigenvalue weighted by Gasteiger charge is -2.20. The average Bonchev–Trinajstić information content (AvgIpc) is 2.79. The number of Topliss-reactive ketones (excluding diaryl/α,β-unsaturated/α-hetero) is 1. The van der Waals surface area contributed by atoms with Crippen LogP contribution in [0.4, 0.5) is 5.69 Å². The fraction of sp³-hybridized carbons (Fsp3) is 0.300. The summed E-state index contributed by atoms with van der Waals surface area (Å²) in [5.41, 5.74) is 2.41. The molecule has 4 nitrogen and oxygen atoms in total. The van der Waals surface area contributed by atoms with Gasteiger partial charge in [0.15, 0.2) is 0 Å². The van der Waals surface area contributed by atoms with E-state index in [2.05, 4.69) is 36.7 Å². The Morgan fingerprint density at radius 3 is 2.36 bits per heavy atom. The molecule has 0 atom stereocenters. The third-order valence-corrected chi connectivity index (χ3v) is 4.73. The standard InChI is InChI=1S/C20H20BrNO3/c1-20(2,3)13-4-7-15(8-5-13)25-11-10-22-17-9-6-14(21)12-16(17)18(23)19(22)24/h4-9,12H,10-11H2,1-3H3. The van der Waals surface area contributed by atoms with Gasteiger partial charge in [0, 0.05) is 4.47 Å². The third-order valence-electron chi connectivity index (χ3n) is 4.24. The van der Waals surface area contributed by atoms with Gasteiger partial charge in [-0.25, -0.2) is 0 Å². The van der Waals surface area contributed by atoms with Crippen molar-refractivity contribution in [2.24, 2.45) is 0 Å². The van der Waals surface area contributed by atoms with Gasteiger partial charge in [-0.15, -0.1) is 0 Å². The molecular weight excluding hydrogens is 382 g/mol. The van der Waals surface area contributed by atoms with E-state index in [-0.39, 0.29) is 5.41 Å². The van der Waals surface area contributed by atoms with Crippen LogP contribution in [0, 0.1) is 0 Å². The molecule has 130 valence electrons. The summed E-state index contributed by atoms with van der Waals surface area (Å²) in [7, 11) is 0. The fourth-order valence-corrected chi connectivity index (χ4v) is 3.16. The van der Waals surface area contributed by atoms with Gasteiger partial charge >= 0.3 is 0 Å². The lowest BCUT2D eigenvalue weighted by Crippen LogP contribution is -2.33. The van der Waals surface area contributed by atoms with E-state index in [0.717, 1.165) is 10.2 Å². The van der Waals surface area contributed by atoms with Gasteiger partial charge in [0.05, 0.1) is 17.8 Å². The molecule has 1 heterocycles. The zero-order valence-corrected chi connectivity index (χ0v) is 16.1. The Bertz CT molecular complexity index is 822. The Kier molecular flexibility index (Phi) is 4.69. The number of hydrogen-bond donors (Lipinski definition) is 0. The third kappa shape index (κ3) is 3.61. The van der Waals surface area contributed by atoms with Gasteiger partial charge in [-0.3, -0.25) is 9.59 Å². The van der Waals surface area contributed by atoms with Crippen molar-refractivity contribution in [2.75, 3.05) is 18.1 Å². The van der Waals surface area contributed by atoms with Crippen molar-refractivity contribution in [3.8, 4) is 5.75 Å². The molecule has 0 spiro atoms. The molecule has 0 unspecified atom stereocenters. The Hall–Kier alpha value is -2.14. The van der Waals surface area contributed by atoms with Crippen molar-refractivity contribution in [2.45, 2.75) is 26.2 Å². The van der Waals surface area contributed by atoms with Crippen molar-refractivity contribution >= 4 is 33.3 Å². The Labute approximate surface area is 155 Å². The Morgan fingerprint density at radius 2 is 1.72 bits per heavy atom. The molecule has 0 fully saturated rings. The number of ether oxygens (including phenoxy) is 1. The normalized spacial score (nSPS) is 14.0. The minimum absolute atomic E-state index is 0.0961. The second-order valence-corrected chi connectivity index (χ2v) is 7.99. The van der Waals surface area contributed by atoms with Gasteiger partial charge in [-0.1, -0.05) is 48.8 Å². The van der Waals surface area contributed by atoms with Crippen molar-refractivity contribution in [1.29, 1.82) is 0 Å². The van der Waals surface area contributed by atoms with Crippen LogP contribution in [0.3, 0.4) is 0 Å². The highest BCUT2D eigenvalue weighted by molar-refractivity contribution is 9.10. The number of benzene rings is 2. The first kappa shape index (κ1) is 17.7. The minimum atomic E-state index is -0.500. The molecule has 0 aromatic heterocycles. The number of nitrogens with zero attached hydrogens (tertiary/aromatic N) is 1. The van der Waals surface area contributed by atoms with Gasteiger partial charge in [0.25, 0.3) is 11.7 Å². The SMILES string of the molecule is CC(C)(C)c1ccc(OCCN2C(=O)C(=O)c3cc(Br)ccc32)cc1. The van der Waals surface area contributed by atoms with E-state index in [0.29, 0.717) is 24.4 Å². The summed E-state index contributed by atoms with van der Waals surface area (Å²) in [6, 6.07) is 13.2. The molecule has 1 aliphatic rings. The van der Waals surface area contributed by atoms with Crippen molar-refractivity contribution in [3.05, 3.63) is 58.1 Å². The summed E-state index contributed by atoms with van der Waals surface area (Å²) in [6.07, 6.45) is 0. The quantitative estimate of drug-likeness (QED) is 0.715. The van der Waals surface area contributed by atoms with Crippen LogP contribution in [0.2, 0.25) is 0 Å². The fourth-order valence-electron chi connectivity index (χ4n) is 2.80. The summed E-state index contributed by atoms with van der Waals surface area (Å²) >= 11 is 3.33. The molecule has 1 amide bonds. The molecule has 3 rings (SSSR count). The van der Waals surface area contributed by atoms with Crippen LogP contribution < -0.4 is 9.64 Å². The van der Waals surface area contributed by atoms with Crippen LogP contribution in [0.1, 0.15) is 36.7 Å². The molecule has 0 saturated heterocycles. The van der Waals surface area contributed by atoms with Crippen LogP contribution in [-0.2, 0) is 10.2 Å². The molecule has 0 radical (unpaired) electrons. The molecule has 0 N–H and O–H groups in total. The van der Waals surface area contributed by atoms with E-state index >= 15 is 0 Å². The second-order valence-electron chi connectivity index (χ2n) is 7.07. The largest absolute Gasteiger partial charge is 0.492 e. The Morgan fingerprint density at radius 1 is 1.04 bits per heavy atom. The van der Waals surface area contributed by atoms with Gasteiger partial charge < -0.3 is 9.64 Å². The van der Waals surface area contributed by atoms with Crippen LogP contribution in [0.15, 0.2) is 46.9 Å². The number of ketones is 1. The first-order chi connectivity index (χ1) is 11.8. The highest BCUT2D eigenvalue weighted by Gasteiger charge is 2.35. The molecule has 0 bridgehead atoms. The minimum Gasteiger partial charge on any atom is -0.492 e. The van der Waals surface area contributed by atoms with Crippen molar-refractivity contribution in [1.82, 2.24) is 0 Å². The summed E-state index contributed by atoms with van der Waals surface area (Å²) in [6.45, 7) is 7.14. The van der Waals surface area contributed by atoms with Crippen LogP contribution in [0.25, 0.3) is 0 Å². The van der Waals surface area contributed by atoms with Crippen LogP contribution in [0.5, 0.6) is 5.75 Å². The zero-order valence-electron chi connectivity index (χ0n) is 14.5. The van der Waals surface area contributed by atoms with Gasteiger partial charge in [-0.2, -0.15) is 0 Å². The number of rotatable bonds is 4. The molecular formula is C20H20BrNO3. The summed E-state index contributed by atoms with van der Waals surface area (Å²) in [5, 5.41) is 0. The predicted octanol–water partition coefficient (Wildman–Crippen LogP) is 4.35. The number of fused-ring (bicyclic) bond motifs is 1. The topological polar surface area (TPSA) is 46.6 Å². The lowest BCUT2D eigenvalue weighted by atomic mass is 9.87. The molecule has 2 aromatic carbocycles. The lowest BCUT2D eigenvalue weighted by molar-refractivity contribution is -0.114. The van der Waals surface area contributed by atoms with E-state index in [9.17, 15) is 9.59 Å². The number of carbonyl (C=O) groups is 2. The number of amides is 1. The molecule has 1 aliphatic heterocycles. The number of carbonyl (C=O) groups excluding carboxylic acids is 2. The Balaban J connectivity index is 1.65. The predicted molar refractivity (Wildman–Crippen MR) is 101 cm³/mol. The maximum atomic E-state index is 12.2. The summed E-state index contributed by atoms with van der Waals surface area (Å²) < 4.78 is 6.53. The van der Waals surface area contributed by atoms with Crippen LogP contribution >= 0.6 is 15.9 Å². The van der Waals surface area contributed by atoms with E-state index in [1.165, 1.54) is 10.5 Å². The molecule has 25 heavy (non-hydrogen) atoms. The molecule has 0 aliphatic carbocycles. The maximum absolute atomic E-state index is 12.2. The monoisotopic (exact) mass is 401 g/mol. The van der Waals surface area contributed by atoms with Gasteiger partial charge in [0.2, 0.25) is 0 Å². The van der Waals surface area contributed by atoms with E-state index in [1.54, 1.807) is 12.1 Å². The smallest absolute Gasteiger partial charge is 0.299 e. The molecule has 5 heteroatoms. The zero-order chi connectivity index (χ0) is 18.2. The first-order valence-corrected chi connectivity index (χ1v) is 8.96. The first-order valence-electron chi connectivity index (χ1n) is 8.16. The van der Waals surface area contributed by atoms with Gasteiger partial charge in [-0.05, 0) is 41.3 Å². The number of hydrogen-bond acceptors (Lipinski definition) is 3. The summed E-state index contributed by atoms with van der Waals surface area (Å²) in [4.78, 5) is 25.7. The van der Waals surface area contributed by atoms with E-state index in [4.69, 9.17) is 4.74 Å². The van der Waals surface area contributed by atoms with E-state index < -0.39 is 11.7 Å². The summed E-state index contributed by atoms with van der Waals surface area (Å²) in [5.74, 6) is -0.215. The highest BCUT2D eigenvalue weighted by Crippen LogP contribution is 2.31. The van der Waals surface area contributed by atoms with E-state index in [1.807, 2.05) is 30.3 Å². The van der Waals surface area contributed by atoms with Gasteiger partial charge in [0.1, 0.15) is 12.4 Å². The second kappa shape index (κ2) is 6.64. The highest BCUT2D eigenvalue weighted by atomic mass is 79.9. The number of anilines is 1. The van der Waals surface area contributed by atoms with Crippen LogP contribution in [-0.4, -0.2) is 24.8 Å². The molecule has 0 saturated carbocycles. The number of halogens is 1. The van der Waals surface area contributed by atoms with Crippen molar-refractivity contribution in [3.63, 3.8) is 0 Å². The molecule has 2 aromatic rings. The van der Waals surface area contributed by atoms with Crippen molar-refractivity contribution < 1.29 is 14.3 Å². The maximum Gasteiger partial charge on any atom is 0.299 e. The average molecular weight is 402 g/mol.